The van der Waals surface area contributed by atoms with E-state index in [0.717, 1.165) is 13.0 Å². The van der Waals surface area contributed by atoms with Crippen molar-refractivity contribution >= 4 is 28.3 Å². The minimum Gasteiger partial charge on any atom is -0.385 e. The van der Waals surface area contributed by atoms with Crippen molar-refractivity contribution in [1.82, 2.24) is 0 Å². The molecule has 1 aromatic carbocycles. The first-order valence-corrected chi connectivity index (χ1v) is 5.82. The highest BCUT2D eigenvalue weighted by Gasteiger charge is 2.03. The SMILES string of the molecule is COCCC(C)Nc1ccccc1I. The van der Waals surface area contributed by atoms with E-state index in [9.17, 15) is 0 Å². The number of para-hydroxylation sites is 1. The molecule has 0 saturated carbocycles. The molecule has 1 N–H and O–H groups in total. The van der Waals surface area contributed by atoms with Crippen LogP contribution in [0.2, 0.25) is 0 Å². The number of rotatable bonds is 5. The zero-order chi connectivity index (χ0) is 10.4. The fourth-order valence-corrected chi connectivity index (χ4v) is 1.75. The zero-order valence-corrected chi connectivity index (χ0v) is 10.7. The molecule has 0 amide bonds. The monoisotopic (exact) mass is 305 g/mol. The zero-order valence-electron chi connectivity index (χ0n) is 8.59. The number of methoxy groups -OCH3 is 1. The Hall–Kier alpha value is -0.290. The van der Waals surface area contributed by atoms with Crippen LogP contribution in [0.25, 0.3) is 0 Å². The Morgan fingerprint density at radius 3 is 2.79 bits per heavy atom. The lowest BCUT2D eigenvalue weighted by Gasteiger charge is -2.15. The smallest absolute Gasteiger partial charge is 0.0481 e. The van der Waals surface area contributed by atoms with Gasteiger partial charge in [0.15, 0.2) is 0 Å². The molecule has 1 unspecified atom stereocenters. The molecule has 0 aliphatic heterocycles. The number of ether oxygens (including phenoxy) is 1. The number of benzene rings is 1. The van der Waals surface area contributed by atoms with Gasteiger partial charge in [-0.2, -0.15) is 0 Å². The van der Waals surface area contributed by atoms with Crippen molar-refractivity contribution in [1.29, 1.82) is 0 Å². The van der Waals surface area contributed by atoms with Crippen LogP contribution in [0.5, 0.6) is 0 Å². The molecule has 1 rings (SSSR count). The summed E-state index contributed by atoms with van der Waals surface area (Å²) in [5.41, 5.74) is 1.21. The van der Waals surface area contributed by atoms with E-state index in [1.807, 2.05) is 12.1 Å². The van der Waals surface area contributed by atoms with Crippen LogP contribution in [0, 0.1) is 3.57 Å². The van der Waals surface area contributed by atoms with Gasteiger partial charge in [-0.1, -0.05) is 12.1 Å². The number of nitrogens with one attached hydrogen (secondary N) is 1. The molecule has 0 heterocycles. The van der Waals surface area contributed by atoms with Crippen LogP contribution in [-0.4, -0.2) is 19.8 Å². The summed E-state index contributed by atoms with van der Waals surface area (Å²) in [6, 6.07) is 8.75. The first-order valence-electron chi connectivity index (χ1n) is 4.74. The van der Waals surface area contributed by atoms with Gasteiger partial charge in [-0.15, -0.1) is 0 Å². The normalized spacial score (nSPS) is 12.5. The van der Waals surface area contributed by atoms with Gasteiger partial charge < -0.3 is 10.1 Å². The Balaban J connectivity index is 2.47. The second-order valence-corrected chi connectivity index (χ2v) is 4.47. The number of hydrogen-bond donors (Lipinski definition) is 1. The second kappa shape index (κ2) is 6.24. The Morgan fingerprint density at radius 2 is 2.14 bits per heavy atom. The van der Waals surface area contributed by atoms with Crippen molar-refractivity contribution in [2.24, 2.45) is 0 Å². The van der Waals surface area contributed by atoms with Crippen molar-refractivity contribution < 1.29 is 4.74 Å². The van der Waals surface area contributed by atoms with Gasteiger partial charge in [0.25, 0.3) is 0 Å². The van der Waals surface area contributed by atoms with Crippen molar-refractivity contribution in [3.05, 3.63) is 27.8 Å². The van der Waals surface area contributed by atoms with Crippen molar-refractivity contribution in [2.75, 3.05) is 19.0 Å². The van der Waals surface area contributed by atoms with Gasteiger partial charge in [0.1, 0.15) is 0 Å². The minimum atomic E-state index is 0.450. The number of hydrogen-bond acceptors (Lipinski definition) is 2. The summed E-state index contributed by atoms with van der Waals surface area (Å²) in [6.07, 6.45) is 1.03. The Morgan fingerprint density at radius 1 is 1.43 bits per heavy atom. The first kappa shape index (κ1) is 11.8. The average molecular weight is 305 g/mol. The van der Waals surface area contributed by atoms with E-state index in [4.69, 9.17) is 4.74 Å². The highest BCUT2D eigenvalue weighted by Crippen LogP contribution is 2.18. The summed E-state index contributed by atoms with van der Waals surface area (Å²) in [5, 5.41) is 3.46. The highest BCUT2D eigenvalue weighted by atomic mass is 127. The molecule has 0 aromatic heterocycles. The predicted octanol–water partition coefficient (Wildman–Crippen LogP) is 3.13. The van der Waals surface area contributed by atoms with E-state index in [0.29, 0.717) is 6.04 Å². The highest BCUT2D eigenvalue weighted by molar-refractivity contribution is 14.1. The summed E-state index contributed by atoms with van der Waals surface area (Å²) in [5.74, 6) is 0. The number of anilines is 1. The van der Waals surface area contributed by atoms with Crippen LogP contribution in [0.1, 0.15) is 13.3 Å². The lowest BCUT2D eigenvalue weighted by molar-refractivity contribution is 0.191. The van der Waals surface area contributed by atoms with Crippen molar-refractivity contribution in [3.63, 3.8) is 0 Å². The van der Waals surface area contributed by atoms with Crippen LogP contribution in [0.15, 0.2) is 24.3 Å². The molecule has 78 valence electrons. The molecular weight excluding hydrogens is 289 g/mol. The summed E-state index contributed by atoms with van der Waals surface area (Å²) in [7, 11) is 1.74. The quantitative estimate of drug-likeness (QED) is 0.844. The molecule has 0 aliphatic rings. The summed E-state index contributed by atoms with van der Waals surface area (Å²) < 4.78 is 6.30. The summed E-state index contributed by atoms with van der Waals surface area (Å²) in [4.78, 5) is 0. The molecule has 0 radical (unpaired) electrons. The molecule has 14 heavy (non-hydrogen) atoms. The van der Waals surface area contributed by atoms with E-state index >= 15 is 0 Å². The van der Waals surface area contributed by atoms with Gasteiger partial charge in [0.05, 0.1) is 0 Å². The maximum absolute atomic E-state index is 5.04. The lowest BCUT2D eigenvalue weighted by atomic mass is 10.2. The van der Waals surface area contributed by atoms with E-state index < -0.39 is 0 Å². The first-order chi connectivity index (χ1) is 6.74. The third kappa shape index (κ3) is 3.84. The molecule has 0 aliphatic carbocycles. The van der Waals surface area contributed by atoms with Gasteiger partial charge in [-0.05, 0) is 48.1 Å². The van der Waals surface area contributed by atoms with Gasteiger partial charge >= 0.3 is 0 Å². The molecule has 0 spiro atoms. The third-order valence-electron chi connectivity index (χ3n) is 2.03. The van der Waals surface area contributed by atoms with Crippen LogP contribution in [-0.2, 0) is 4.74 Å². The maximum atomic E-state index is 5.04. The van der Waals surface area contributed by atoms with Crippen LogP contribution in [0.4, 0.5) is 5.69 Å². The molecule has 2 nitrogen and oxygen atoms in total. The largest absolute Gasteiger partial charge is 0.385 e. The van der Waals surface area contributed by atoms with E-state index in [-0.39, 0.29) is 0 Å². The standard InChI is InChI=1S/C11H16INO/c1-9(7-8-14-2)13-11-6-4-3-5-10(11)12/h3-6,9,13H,7-8H2,1-2H3. The Bertz CT molecular complexity index is 278. The van der Waals surface area contributed by atoms with E-state index in [2.05, 4.69) is 47.0 Å². The van der Waals surface area contributed by atoms with Gasteiger partial charge in [0, 0.05) is 29.0 Å². The maximum Gasteiger partial charge on any atom is 0.0481 e. The van der Waals surface area contributed by atoms with Crippen LogP contribution in [0.3, 0.4) is 0 Å². The minimum absolute atomic E-state index is 0.450. The van der Waals surface area contributed by atoms with Crippen LogP contribution < -0.4 is 5.32 Å². The summed E-state index contributed by atoms with van der Waals surface area (Å²) in [6.45, 7) is 2.97. The van der Waals surface area contributed by atoms with E-state index in [1.54, 1.807) is 7.11 Å². The number of halogens is 1. The fraction of sp³-hybridized carbons (Fsp3) is 0.455. The van der Waals surface area contributed by atoms with Crippen LogP contribution >= 0.6 is 22.6 Å². The Kier molecular flexibility index (Phi) is 5.25. The van der Waals surface area contributed by atoms with Gasteiger partial charge in [0.2, 0.25) is 0 Å². The predicted molar refractivity (Wildman–Crippen MR) is 68.7 cm³/mol. The van der Waals surface area contributed by atoms with Crippen molar-refractivity contribution in [2.45, 2.75) is 19.4 Å². The average Bonchev–Trinajstić information content (AvgIpc) is 2.18. The molecule has 1 aromatic rings. The fourth-order valence-electron chi connectivity index (χ4n) is 1.21. The third-order valence-corrected chi connectivity index (χ3v) is 2.97. The molecule has 0 bridgehead atoms. The van der Waals surface area contributed by atoms with E-state index in [1.165, 1.54) is 9.26 Å². The topological polar surface area (TPSA) is 21.3 Å². The van der Waals surface area contributed by atoms with Gasteiger partial charge in [-0.25, -0.2) is 0 Å². The molecule has 3 heteroatoms. The van der Waals surface area contributed by atoms with Crippen molar-refractivity contribution in [3.8, 4) is 0 Å². The second-order valence-electron chi connectivity index (χ2n) is 3.31. The van der Waals surface area contributed by atoms with Gasteiger partial charge in [-0.3, -0.25) is 0 Å². The Labute approximate surface area is 99.2 Å². The molecule has 0 saturated heterocycles. The molecule has 0 fully saturated rings. The summed E-state index contributed by atoms with van der Waals surface area (Å²) >= 11 is 2.34. The lowest BCUT2D eigenvalue weighted by Crippen LogP contribution is -2.17. The molecular formula is C11H16INO. The molecule has 1 atom stereocenters.